The Morgan fingerprint density at radius 2 is 2.40 bits per heavy atom. The first-order valence-corrected chi connectivity index (χ1v) is 5.21. The monoisotopic (exact) mass is 205 g/mol. The van der Waals surface area contributed by atoms with Gasteiger partial charge in [-0.05, 0) is 43.1 Å². The first-order valence-electron chi connectivity index (χ1n) is 5.21. The molecule has 3 heteroatoms. The van der Waals surface area contributed by atoms with Crippen molar-refractivity contribution in [3.63, 3.8) is 0 Å². The Hall–Kier alpha value is -1.35. The van der Waals surface area contributed by atoms with E-state index >= 15 is 0 Å². The smallest absolute Gasteiger partial charge is 0.150 e. The topological polar surface area (TPSA) is 38.3 Å². The molecule has 0 radical (unpaired) electrons. The SMILES string of the molecule is COc1ccc(C=O)c(C2CCCN2)c1. The van der Waals surface area contributed by atoms with Crippen molar-refractivity contribution >= 4 is 6.29 Å². The van der Waals surface area contributed by atoms with Gasteiger partial charge in [0, 0.05) is 11.6 Å². The number of hydrogen-bond donors (Lipinski definition) is 1. The third kappa shape index (κ3) is 2.02. The van der Waals surface area contributed by atoms with Crippen molar-refractivity contribution in [1.82, 2.24) is 5.32 Å². The fourth-order valence-corrected chi connectivity index (χ4v) is 2.04. The standard InChI is InChI=1S/C12H15NO2/c1-15-10-5-4-9(8-14)11(7-10)12-3-2-6-13-12/h4-5,7-8,12-13H,2-3,6H2,1H3. The van der Waals surface area contributed by atoms with Crippen LogP contribution in [0.25, 0.3) is 0 Å². The summed E-state index contributed by atoms with van der Waals surface area (Å²) in [6.45, 7) is 1.03. The molecule has 15 heavy (non-hydrogen) atoms. The number of ether oxygens (including phenoxy) is 1. The van der Waals surface area contributed by atoms with Crippen LogP contribution >= 0.6 is 0 Å². The molecule has 1 heterocycles. The number of hydrogen-bond acceptors (Lipinski definition) is 3. The maximum absolute atomic E-state index is 10.9. The van der Waals surface area contributed by atoms with Gasteiger partial charge in [-0.3, -0.25) is 4.79 Å². The Balaban J connectivity index is 2.36. The van der Waals surface area contributed by atoms with Gasteiger partial charge in [0.2, 0.25) is 0 Å². The Kier molecular flexibility index (Phi) is 3.02. The zero-order chi connectivity index (χ0) is 10.7. The maximum atomic E-state index is 10.9. The summed E-state index contributed by atoms with van der Waals surface area (Å²) < 4.78 is 5.17. The summed E-state index contributed by atoms with van der Waals surface area (Å²) in [5.41, 5.74) is 1.82. The van der Waals surface area contributed by atoms with Crippen LogP contribution in [-0.4, -0.2) is 19.9 Å². The second-order valence-corrected chi connectivity index (χ2v) is 3.76. The van der Waals surface area contributed by atoms with Crippen molar-refractivity contribution in [1.29, 1.82) is 0 Å². The molecule has 0 saturated carbocycles. The van der Waals surface area contributed by atoms with Crippen LogP contribution in [0.2, 0.25) is 0 Å². The Morgan fingerprint density at radius 1 is 1.53 bits per heavy atom. The van der Waals surface area contributed by atoms with E-state index in [1.807, 2.05) is 18.2 Å². The normalized spacial score (nSPS) is 20.2. The molecule has 1 aliphatic heterocycles. The van der Waals surface area contributed by atoms with E-state index < -0.39 is 0 Å². The lowest BCUT2D eigenvalue weighted by molar-refractivity contribution is 0.112. The van der Waals surface area contributed by atoms with Crippen molar-refractivity contribution in [3.05, 3.63) is 29.3 Å². The van der Waals surface area contributed by atoms with Crippen LogP contribution in [-0.2, 0) is 0 Å². The van der Waals surface area contributed by atoms with E-state index in [1.165, 1.54) is 6.42 Å². The molecular weight excluding hydrogens is 190 g/mol. The molecule has 1 aliphatic rings. The Bertz CT molecular complexity index is 357. The zero-order valence-corrected chi connectivity index (χ0v) is 8.82. The molecule has 1 saturated heterocycles. The summed E-state index contributed by atoms with van der Waals surface area (Å²) in [7, 11) is 1.64. The molecule has 1 aromatic carbocycles. The van der Waals surface area contributed by atoms with Crippen molar-refractivity contribution in [2.24, 2.45) is 0 Å². The van der Waals surface area contributed by atoms with Gasteiger partial charge < -0.3 is 10.1 Å². The quantitative estimate of drug-likeness (QED) is 0.766. The van der Waals surface area contributed by atoms with E-state index in [0.717, 1.165) is 36.1 Å². The van der Waals surface area contributed by atoms with Crippen LogP contribution < -0.4 is 10.1 Å². The van der Waals surface area contributed by atoms with Gasteiger partial charge in [-0.1, -0.05) is 0 Å². The summed E-state index contributed by atoms with van der Waals surface area (Å²) in [5, 5.41) is 3.38. The predicted molar refractivity (Wildman–Crippen MR) is 58.4 cm³/mol. The number of nitrogens with one attached hydrogen (secondary N) is 1. The number of methoxy groups -OCH3 is 1. The van der Waals surface area contributed by atoms with Gasteiger partial charge in [-0.2, -0.15) is 0 Å². The molecule has 0 bridgehead atoms. The highest BCUT2D eigenvalue weighted by molar-refractivity contribution is 5.78. The van der Waals surface area contributed by atoms with E-state index in [-0.39, 0.29) is 0 Å². The van der Waals surface area contributed by atoms with Gasteiger partial charge in [0.15, 0.2) is 0 Å². The fourth-order valence-electron chi connectivity index (χ4n) is 2.04. The van der Waals surface area contributed by atoms with Crippen molar-refractivity contribution in [3.8, 4) is 5.75 Å². The second kappa shape index (κ2) is 4.45. The van der Waals surface area contributed by atoms with Gasteiger partial charge in [0.05, 0.1) is 7.11 Å². The minimum atomic E-state index is 0.306. The third-order valence-corrected chi connectivity index (χ3v) is 2.86. The van der Waals surface area contributed by atoms with Crippen LogP contribution in [0.5, 0.6) is 5.75 Å². The maximum Gasteiger partial charge on any atom is 0.150 e. The van der Waals surface area contributed by atoms with E-state index in [0.29, 0.717) is 6.04 Å². The van der Waals surface area contributed by atoms with E-state index in [1.54, 1.807) is 7.11 Å². The highest BCUT2D eigenvalue weighted by Crippen LogP contribution is 2.28. The average molecular weight is 205 g/mol. The molecule has 1 atom stereocenters. The van der Waals surface area contributed by atoms with E-state index in [4.69, 9.17) is 4.74 Å². The fraction of sp³-hybridized carbons (Fsp3) is 0.417. The van der Waals surface area contributed by atoms with Gasteiger partial charge in [0.1, 0.15) is 12.0 Å². The summed E-state index contributed by atoms with van der Waals surface area (Å²) in [4.78, 5) is 10.9. The lowest BCUT2D eigenvalue weighted by atomic mass is 9.99. The molecule has 80 valence electrons. The van der Waals surface area contributed by atoms with Gasteiger partial charge in [-0.25, -0.2) is 0 Å². The largest absolute Gasteiger partial charge is 0.497 e. The minimum absolute atomic E-state index is 0.306. The lowest BCUT2D eigenvalue weighted by Gasteiger charge is -2.14. The summed E-state index contributed by atoms with van der Waals surface area (Å²) in [6, 6.07) is 5.90. The average Bonchev–Trinajstić information content (AvgIpc) is 2.81. The molecule has 1 aromatic rings. The molecule has 1 N–H and O–H groups in total. The Morgan fingerprint density at radius 3 is 3.00 bits per heavy atom. The minimum Gasteiger partial charge on any atom is -0.497 e. The van der Waals surface area contributed by atoms with E-state index in [2.05, 4.69) is 5.32 Å². The summed E-state index contributed by atoms with van der Waals surface area (Å²) >= 11 is 0. The molecular formula is C12H15NO2. The first kappa shape index (κ1) is 10.2. The predicted octanol–water partition coefficient (Wildman–Crippen LogP) is 1.93. The third-order valence-electron chi connectivity index (χ3n) is 2.86. The number of carbonyl (C=O) groups excluding carboxylic acids is 1. The first-order chi connectivity index (χ1) is 7.35. The van der Waals surface area contributed by atoms with E-state index in [9.17, 15) is 4.79 Å². The van der Waals surface area contributed by atoms with Crippen LogP contribution in [0.15, 0.2) is 18.2 Å². The summed E-state index contributed by atoms with van der Waals surface area (Å²) in [6.07, 6.45) is 3.17. The molecule has 0 aromatic heterocycles. The molecule has 0 spiro atoms. The van der Waals surface area contributed by atoms with Crippen molar-refractivity contribution in [2.75, 3.05) is 13.7 Å². The van der Waals surface area contributed by atoms with Crippen LogP contribution in [0, 0.1) is 0 Å². The molecule has 2 rings (SSSR count). The lowest BCUT2D eigenvalue weighted by Crippen LogP contribution is -2.14. The molecule has 0 amide bonds. The van der Waals surface area contributed by atoms with Gasteiger partial charge >= 0.3 is 0 Å². The highest BCUT2D eigenvalue weighted by atomic mass is 16.5. The molecule has 0 aliphatic carbocycles. The summed E-state index contributed by atoms with van der Waals surface area (Å²) in [5.74, 6) is 0.810. The number of benzene rings is 1. The second-order valence-electron chi connectivity index (χ2n) is 3.76. The molecule has 1 fully saturated rings. The number of aldehydes is 1. The number of carbonyl (C=O) groups is 1. The van der Waals surface area contributed by atoms with Crippen molar-refractivity contribution < 1.29 is 9.53 Å². The van der Waals surface area contributed by atoms with Gasteiger partial charge in [-0.15, -0.1) is 0 Å². The number of rotatable bonds is 3. The van der Waals surface area contributed by atoms with Crippen molar-refractivity contribution in [2.45, 2.75) is 18.9 Å². The zero-order valence-electron chi connectivity index (χ0n) is 8.82. The highest BCUT2D eigenvalue weighted by Gasteiger charge is 2.19. The Labute approximate surface area is 89.4 Å². The molecule has 1 unspecified atom stereocenters. The van der Waals surface area contributed by atoms with Crippen LogP contribution in [0.1, 0.15) is 34.8 Å². The molecule has 3 nitrogen and oxygen atoms in total. The van der Waals surface area contributed by atoms with Crippen LogP contribution in [0.4, 0.5) is 0 Å². The van der Waals surface area contributed by atoms with Crippen LogP contribution in [0.3, 0.4) is 0 Å². The van der Waals surface area contributed by atoms with Gasteiger partial charge in [0.25, 0.3) is 0 Å².